The molecule has 0 radical (unpaired) electrons. The van der Waals surface area contributed by atoms with Gasteiger partial charge in [-0.3, -0.25) is 0 Å². The fourth-order valence-corrected chi connectivity index (χ4v) is 14.9. The summed E-state index contributed by atoms with van der Waals surface area (Å²) in [6, 6.07) is 87.3. The summed E-state index contributed by atoms with van der Waals surface area (Å²) in [5, 5.41) is 19.2. The van der Waals surface area contributed by atoms with Gasteiger partial charge in [-0.2, -0.15) is 0 Å². The fourth-order valence-electron chi connectivity index (χ4n) is 14.9. The largest absolute Gasteiger partial charge is 0.455 e. The molecule has 0 aliphatic rings. The molecule has 90 heavy (non-hydrogen) atoms. The summed E-state index contributed by atoms with van der Waals surface area (Å²) >= 11 is 0. The Kier molecular flexibility index (Phi) is 12.3. The lowest BCUT2D eigenvalue weighted by molar-refractivity contribution is 0.590. The average molecular weight is 1160 g/mol. The van der Waals surface area contributed by atoms with Crippen LogP contribution in [0.3, 0.4) is 0 Å². The highest BCUT2D eigenvalue weighted by molar-refractivity contribution is 6.29. The molecule has 16 aromatic rings. The lowest BCUT2D eigenvalue weighted by Crippen LogP contribution is -2.11. The van der Waals surface area contributed by atoms with Crippen molar-refractivity contribution in [1.82, 2.24) is 0 Å². The molecule has 2 heterocycles. The Morgan fingerprint density at radius 3 is 0.744 bits per heavy atom. The lowest BCUT2D eigenvalue weighted by atomic mass is 9.78. The second-order valence-corrected chi connectivity index (χ2v) is 29.5. The van der Waals surface area contributed by atoms with Crippen LogP contribution in [0.15, 0.2) is 239 Å². The van der Waals surface area contributed by atoms with Gasteiger partial charge in [0.1, 0.15) is 22.3 Å². The molecule has 14 aromatic carbocycles. The highest BCUT2D eigenvalue weighted by Crippen LogP contribution is 2.53. The Labute approximate surface area is 527 Å². The van der Waals surface area contributed by atoms with Crippen molar-refractivity contribution in [3.63, 3.8) is 0 Å². The first-order valence-electron chi connectivity index (χ1n) is 32.1. The van der Waals surface area contributed by atoms with Crippen molar-refractivity contribution >= 4 is 109 Å². The Morgan fingerprint density at radius 1 is 0.189 bits per heavy atom. The van der Waals surface area contributed by atoms with E-state index in [9.17, 15) is 0 Å². The number of hydrogen-bond acceptors (Lipinski definition) is 2. The van der Waals surface area contributed by atoms with E-state index in [0.717, 1.165) is 55.0 Å². The minimum Gasteiger partial charge on any atom is -0.455 e. The van der Waals surface area contributed by atoms with Gasteiger partial charge in [-0.15, -0.1) is 0 Å². The minimum absolute atomic E-state index is 0.0884. The second kappa shape index (κ2) is 19.9. The van der Waals surface area contributed by atoms with Crippen LogP contribution in [0.1, 0.15) is 105 Å². The average Bonchev–Trinajstić information content (AvgIpc) is 0.835. The van der Waals surface area contributed by atoms with Crippen molar-refractivity contribution in [3.8, 4) is 55.6 Å². The Hall–Kier alpha value is -9.76. The van der Waals surface area contributed by atoms with E-state index in [1.807, 2.05) is 0 Å². The Morgan fingerprint density at radius 2 is 0.433 bits per heavy atom. The molecule has 2 aromatic heterocycles. The molecule has 0 aliphatic carbocycles. The molecule has 0 aliphatic heterocycles. The topological polar surface area (TPSA) is 26.3 Å². The van der Waals surface area contributed by atoms with Crippen molar-refractivity contribution in [2.45, 2.75) is 105 Å². The monoisotopic (exact) mass is 1160 g/mol. The van der Waals surface area contributed by atoms with Gasteiger partial charge in [0.15, 0.2) is 0 Å². The number of fused-ring (bicyclic) bond motifs is 12. The third-order valence-corrected chi connectivity index (χ3v) is 19.7. The summed E-state index contributed by atoms with van der Waals surface area (Å²) in [5.41, 5.74) is 20.4. The molecule has 0 N–H and O–H groups in total. The predicted molar refractivity (Wildman–Crippen MR) is 388 cm³/mol. The number of hydrogen-bond donors (Lipinski definition) is 0. The summed E-state index contributed by atoms with van der Waals surface area (Å²) < 4.78 is 13.8. The zero-order valence-electron chi connectivity index (χ0n) is 53.8. The van der Waals surface area contributed by atoms with Gasteiger partial charge in [0, 0.05) is 43.8 Å². The second-order valence-electron chi connectivity index (χ2n) is 29.5. The molecular weight excluding hydrogens is 1090 g/mol. The summed E-state index contributed by atoms with van der Waals surface area (Å²) in [7, 11) is 0. The van der Waals surface area contributed by atoms with Crippen LogP contribution in [0.5, 0.6) is 0 Å². The van der Waals surface area contributed by atoms with Crippen LogP contribution in [-0.2, 0) is 21.7 Å². The van der Waals surface area contributed by atoms with E-state index in [1.165, 1.54) is 131 Å². The van der Waals surface area contributed by atoms with Crippen LogP contribution in [-0.4, -0.2) is 0 Å². The van der Waals surface area contributed by atoms with Crippen molar-refractivity contribution in [1.29, 1.82) is 0 Å². The van der Waals surface area contributed by atoms with Crippen LogP contribution >= 0.6 is 0 Å². The van der Waals surface area contributed by atoms with Crippen molar-refractivity contribution < 1.29 is 8.83 Å². The molecule has 0 saturated carbocycles. The zero-order valence-corrected chi connectivity index (χ0v) is 53.8. The smallest absolute Gasteiger partial charge is 0.143 e. The molecule has 0 saturated heterocycles. The molecule has 0 atom stereocenters. The lowest BCUT2D eigenvalue weighted by Gasteiger charge is -2.25. The van der Waals surface area contributed by atoms with E-state index < -0.39 is 0 Å². The van der Waals surface area contributed by atoms with E-state index >= 15 is 0 Å². The SMILES string of the molecule is CC(C)(C)c1ccc2c(-c3cccc4c3oc3ccccc34)c3cc(C(C)(C)C)ccc3c(-c3cccc4c(-c5cccc6c(-c7c8cc(C(C)(C)C)ccc8c(-c8cccc9c8oc8ccccc89)c8cc(C(C)(C)C)ccc78)cccc56)cccc34)c2c1. The third kappa shape index (κ3) is 8.65. The van der Waals surface area contributed by atoms with Gasteiger partial charge in [0.25, 0.3) is 0 Å². The summed E-state index contributed by atoms with van der Waals surface area (Å²) in [4.78, 5) is 0. The van der Waals surface area contributed by atoms with Crippen LogP contribution in [0.2, 0.25) is 0 Å². The molecule has 0 fully saturated rings. The number of rotatable bonds is 5. The highest BCUT2D eigenvalue weighted by atomic mass is 16.3. The molecular formula is C88H74O2. The van der Waals surface area contributed by atoms with E-state index in [4.69, 9.17) is 8.83 Å². The fraction of sp³-hybridized carbons (Fsp3) is 0.182. The normalized spacial score (nSPS) is 12.9. The first kappa shape index (κ1) is 55.5. The maximum atomic E-state index is 6.91. The first-order valence-corrected chi connectivity index (χ1v) is 32.1. The molecule has 16 rings (SSSR count). The van der Waals surface area contributed by atoms with Crippen molar-refractivity contribution in [2.75, 3.05) is 0 Å². The van der Waals surface area contributed by atoms with Gasteiger partial charge in [-0.1, -0.05) is 277 Å². The molecule has 0 spiro atoms. The van der Waals surface area contributed by atoms with Crippen LogP contribution in [0.4, 0.5) is 0 Å². The molecule has 0 amide bonds. The molecule has 2 nitrogen and oxygen atoms in total. The standard InChI is InChI=1S/C88H74O2/c1-85(2,3)51-41-45-67-73(47-51)79(65-43-39-53(87(7,8)9)49-75(65)81(67)71-35-21-33-69-61-23-13-15-37-77(61)89-83(69)71)63-31-19-27-57-55(25-17-29-59(57)63)56-26-18-30-60-58(56)28-20-32-64(60)80-66-44-40-54(88(10,11)12)50-76(66)82(68-46-42-52(48-74(68)80)86(4,5)6)72-36-22-34-70-62-24-14-16-38-78(62)90-84(70)72/h13-50H,1-12H3. The van der Waals surface area contributed by atoms with E-state index in [1.54, 1.807) is 0 Å². The number of furan rings is 2. The quantitative estimate of drug-likeness (QED) is 0.161. The maximum Gasteiger partial charge on any atom is 0.143 e. The maximum absolute atomic E-state index is 6.91. The van der Waals surface area contributed by atoms with Gasteiger partial charge in [-0.05, 0) is 178 Å². The van der Waals surface area contributed by atoms with Gasteiger partial charge >= 0.3 is 0 Å². The third-order valence-electron chi connectivity index (χ3n) is 19.7. The molecule has 0 unspecified atom stereocenters. The van der Waals surface area contributed by atoms with Gasteiger partial charge < -0.3 is 8.83 Å². The van der Waals surface area contributed by atoms with E-state index in [-0.39, 0.29) is 21.7 Å². The number of benzene rings is 14. The Balaban J connectivity index is 0.955. The van der Waals surface area contributed by atoms with Crippen LogP contribution in [0, 0.1) is 0 Å². The predicted octanol–water partition coefficient (Wildman–Crippen LogP) is 25.9. The minimum atomic E-state index is -0.0937. The molecule has 0 bridgehead atoms. The van der Waals surface area contributed by atoms with E-state index in [2.05, 4.69) is 314 Å². The van der Waals surface area contributed by atoms with Gasteiger partial charge in [0.05, 0.1) is 0 Å². The molecule has 438 valence electrons. The van der Waals surface area contributed by atoms with Crippen LogP contribution < -0.4 is 0 Å². The van der Waals surface area contributed by atoms with Gasteiger partial charge in [-0.25, -0.2) is 0 Å². The van der Waals surface area contributed by atoms with Crippen molar-refractivity contribution in [2.24, 2.45) is 0 Å². The highest BCUT2D eigenvalue weighted by Gasteiger charge is 2.29. The summed E-state index contributed by atoms with van der Waals surface area (Å²) in [5.74, 6) is 0. The van der Waals surface area contributed by atoms with Gasteiger partial charge in [0.2, 0.25) is 0 Å². The van der Waals surface area contributed by atoms with Crippen molar-refractivity contribution in [3.05, 3.63) is 253 Å². The summed E-state index contributed by atoms with van der Waals surface area (Å²) in [6.45, 7) is 27.9. The molecule has 2 heteroatoms. The summed E-state index contributed by atoms with van der Waals surface area (Å²) in [6.07, 6.45) is 0. The first-order chi connectivity index (χ1) is 43.2. The number of para-hydroxylation sites is 4. The van der Waals surface area contributed by atoms with E-state index in [0.29, 0.717) is 0 Å². The zero-order chi connectivity index (χ0) is 61.9. The van der Waals surface area contributed by atoms with Crippen LogP contribution in [0.25, 0.3) is 164 Å². The Bertz CT molecular complexity index is 5340.